The number of ether oxygens (including phenoxy) is 2. The number of benzene rings is 2. The third-order valence-corrected chi connectivity index (χ3v) is 15.2. The Balaban J connectivity index is 2.02. The van der Waals surface area contributed by atoms with Gasteiger partial charge in [0.2, 0.25) is 0 Å². The minimum atomic E-state index is 0.492. The van der Waals surface area contributed by atoms with Gasteiger partial charge in [0.15, 0.2) is 0 Å². The Morgan fingerprint density at radius 1 is 0.370 bits per heavy atom. The zero-order valence-corrected chi connectivity index (χ0v) is 28.6. The van der Waals surface area contributed by atoms with Gasteiger partial charge in [-0.15, -0.1) is 0 Å². The van der Waals surface area contributed by atoms with Crippen molar-refractivity contribution in [1.82, 2.24) is 0 Å². The predicted molar refractivity (Wildman–Crippen MR) is 145 cm³/mol. The molecule has 0 saturated heterocycles. The fourth-order valence-electron chi connectivity index (χ4n) is 1.83. The first-order chi connectivity index (χ1) is 12.6. The molecule has 0 bridgehead atoms. The van der Waals surface area contributed by atoms with Crippen molar-refractivity contribution < 1.29 is 9.47 Å². The van der Waals surface area contributed by atoms with E-state index >= 15 is 0 Å². The molecule has 2 aromatic rings. The van der Waals surface area contributed by atoms with Crippen LogP contribution in [0.4, 0.5) is 0 Å². The van der Waals surface area contributed by atoms with E-state index in [0.717, 1.165) is 44.7 Å². The van der Waals surface area contributed by atoms with Crippen LogP contribution >= 0.6 is 159 Å². The summed E-state index contributed by atoms with van der Waals surface area (Å²) in [6.07, 6.45) is 0.703. The molecule has 0 aromatic heterocycles. The minimum absolute atomic E-state index is 0.492. The molecule has 0 amide bonds. The van der Waals surface area contributed by atoms with Crippen LogP contribution in [0.5, 0.6) is 11.5 Å². The molecule has 0 spiro atoms. The van der Waals surface area contributed by atoms with Crippen molar-refractivity contribution in [3.8, 4) is 11.5 Å². The summed E-state index contributed by atoms with van der Waals surface area (Å²) >= 11 is 35.4. The van der Waals surface area contributed by atoms with Crippen LogP contribution in [0.3, 0.4) is 0 Å². The molecule has 0 heterocycles. The molecule has 0 aliphatic heterocycles. The molecular formula is C15H6Br10O2. The van der Waals surface area contributed by atoms with Gasteiger partial charge in [0.05, 0.1) is 49.0 Å². The fraction of sp³-hybridized carbons (Fsp3) is 0.200. The van der Waals surface area contributed by atoms with E-state index in [0.29, 0.717) is 31.1 Å². The second-order valence-electron chi connectivity index (χ2n) is 4.85. The van der Waals surface area contributed by atoms with Crippen molar-refractivity contribution in [3.05, 3.63) is 44.7 Å². The van der Waals surface area contributed by atoms with Crippen molar-refractivity contribution in [3.63, 3.8) is 0 Å². The van der Waals surface area contributed by atoms with E-state index in [1.165, 1.54) is 0 Å². The first-order valence-corrected chi connectivity index (χ1v) is 14.8. The summed E-state index contributed by atoms with van der Waals surface area (Å²) in [4.78, 5) is 0. The van der Waals surface area contributed by atoms with E-state index in [9.17, 15) is 0 Å². The lowest BCUT2D eigenvalue weighted by Crippen LogP contribution is -2.07. The molecule has 148 valence electrons. The van der Waals surface area contributed by atoms with Crippen molar-refractivity contribution in [1.29, 1.82) is 0 Å². The third kappa shape index (κ3) is 6.00. The van der Waals surface area contributed by atoms with E-state index in [-0.39, 0.29) is 0 Å². The van der Waals surface area contributed by atoms with Gasteiger partial charge >= 0.3 is 0 Å². The molecule has 0 unspecified atom stereocenters. The maximum absolute atomic E-state index is 5.95. The molecule has 0 aliphatic rings. The maximum atomic E-state index is 5.95. The van der Waals surface area contributed by atoms with Crippen molar-refractivity contribution in [2.45, 2.75) is 6.42 Å². The normalized spacial score (nSPS) is 11.0. The topological polar surface area (TPSA) is 18.5 Å². The summed E-state index contributed by atoms with van der Waals surface area (Å²) < 4.78 is 20.5. The van der Waals surface area contributed by atoms with Crippen LogP contribution in [0.25, 0.3) is 0 Å². The SMILES string of the molecule is Brc1c(Br)c(Br)c(OCCCOc2c(Br)c(Br)c(Br)c(Br)c2Br)c(Br)c1Br. The summed E-state index contributed by atoms with van der Waals surface area (Å²) in [7, 11) is 0. The van der Waals surface area contributed by atoms with E-state index in [2.05, 4.69) is 159 Å². The van der Waals surface area contributed by atoms with Crippen LogP contribution in [0.15, 0.2) is 44.7 Å². The van der Waals surface area contributed by atoms with Crippen molar-refractivity contribution >= 4 is 159 Å². The molecule has 0 radical (unpaired) electrons. The highest BCUT2D eigenvalue weighted by molar-refractivity contribution is 9.16. The van der Waals surface area contributed by atoms with E-state index < -0.39 is 0 Å². The van der Waals surface area contributed by atoms with Gasteiger partial charge in [0.1, 0.15) is 11.5 Å². The Hall–Kier alpha value is 2.84. The van der Waals surface area contributed by atoms with Gasteiger partial charge < -0.3 is 9.47 Å². The lowest BCUT2D eigenvalue weighted by molar-refractivity contribution is 0.244. The standard InChI is InChI=1S/C15H6Br10O2/c16-4-6(18)10(22)14(11(23)7(4)19)26-2-1-3-27-15-12(24)8(20)5(17)9(21)13(15)25/h1-3H2. The highest BCUT2D eigenvalue weighted by atomic mass is 79.9. The first-order valence-electron chi connectivity index (χ1n) is 6.88. The summed E-state index contributed by atoms with van der Waals surface area (Å²) in [5.41, 5.74) is 0. The highest BCUT2D eigenvalue weighted by Crippen LogP contribution is 2.49. The van der Waals surface area contributed by atoms with Gasteiger partial charge in [0.25, 0.3) is 0 Å². The van der Waals surface area contributed by atoms with Crippen molar-refractivity contribution in [2.75, 3.05) is 13.2 Å². The van der Waals surface area contributed by atoms with Crippen LogP contribution in [0.2, 0.25) is 0 Å². The Morgan fingerprint density at radius 2 is 0.593 bits per heavy atom. The van der Waals surface area contributed by atoms with Crippen molar-refractivity contribution in [2.24, 2.45) is 0 Å². The number of rotatable bonds is 6. The second kappa shape index (κ2) is 11.6. The second-order valence-corrected chi connectivity index (χ2v) is 12.8. The Labute approximate surface area is 240 Å². The van der Waals surface area contributed by atoms with E-state index in [1.807, 2.05) is 0 Å². The molecule has 2 aromatic carbocycles. The maximum Gasteiger partial charge on any atom is 0.150 e. The molecule has 0 aliphatic carbocycles. The zero-order chi connectivity index (χ0) is 20.5. The predicted octanol–water partition coefficient (Wildman–Crippen LogP) is 11.2. The van der Waals surface area contributed by atoms with Crippen LogP contribution in [0, 0.1) is 0 Å². The van der Waals surface area contributed by atoms with E-state index in [4.69, 9.17) is 9.47 Å². The number of hydrogen-bond acceptors (Lipinski definition) is 2. The lowest BCUT2D eigenvalue weighted by atomic mass is 10.3. The Morgan fingerprint density at radius 3 is 0.852 bits per heavy atom. The van der Waals surface area contributed by atoms with Crippen LogP contribution in [-0.4, -0.2) is 13.2 Å². The minimum Gasteiger partial charge on any atom is -0.491 e. The van der Waals surface area contributed by atoms with Gasteiger partial charge in [0, 0.05) is 15.4 Å². The molecule has 0 N–H and O–H groups in total. The average molecular weight is 1020 g/mol. The molecular weight excluding hydrogens is 1010 g/mol. The summed E-state index contributed by atoms with van der Waals surface area (Å²) in [5.74, 6) is 1.43. The third-order valence-electron chi connectivity index (χ3n) is 3.12. The van der Waals surface area contributed by atoms with E-state index in [1.54, 1.807) is 0 Å². The Bertz CT molecular complexity index is 754. The molecule has 12 heteroatoms. The number of hydrogen-bond donors (Lipinski definition) is 0. The fourth-order valence-corrected chi connectivity index (χ4v) is 8.31. The monoisotopic (exact) mass is 1010 g/mol. The molecule has 2 nitrogen and oxygen atoms in total. The summed E-state index contributed by atoms with van der Waals surface area (Å²) in [6, 6.07) is 0. The smallest absolute Gasteiger partial charge is 0.150 e. The highest BCUT2D eigenvalue weighted by Gasteiger charge is 2.20. The molecule has 0 atom stereocenters. The van der Waals surface area contributed by atoms with Crippen LogP contribution < -0.4 is 9.47 Å². The summed E-state index contributed by atoms with van der Waals surface area (Å²) in [5, 5.41) is 0. The summed E-state index contributed by atoms with van der Waals surface area (Å²) in [6.45, 7) is 0.984. The lowest BCUT2D eigenvalue weighted by Gasteiger charge is -2.16. The van der Waals surface area contributed by atoms with Crippen LogP contribution in [-0.2, 0) is 0 Å². The quantitative estimate of drug-likeness (QED) is 0.163. The van der Waals surface area contributed by atoms with Crippen LogP contribution in [0.1, 0.15) is 6.42 Å². The van der Waals surface area contributed by atoms with Gasteiger partial charge in [-0.05, 0) is 159 Å². The van der Waals surface area contributed by atoms with Gasteiger partial charge in [-0.25, -0.2) is 0 Å². The largest absolute Gasteiger partial charge is 0.491 e. The van der Waals surface area contributed by atoms with Gasteiger partial charge in [-0.1, -0.05) is 0 Å². The van der Waals surface area contributed by atoms with Gasteiger partial charge in [-0.3, -0.25) is 0 Å². The molecule has 0 saturated carbocycles. The Kier molecular flexibility index (Phi) is 11.2. The van der Waals surface area contributed by atoms with Gasteiger partial charge in [-0.2, -0.15) is 0 Å². The zero-order valence-electron chi connectivity index (χ0n) is 12.7. The number of halogens is 10. The molecule has 2 rings (SSSR count). The first kappa shape index (κ1) is 26.1. The average Bonchev–Trinajstić information content (AvgIpc) is 2.66. The molecule has 27 heavy (non-hydrogen) atoms. The molecule has 0 fully saturated rings.